The number of carbonyl (C=O) groups excluding carboxylic acids is 1. The van der Waals surface area contributed by atoms with Crippen molar-refractivity contribution in [1.29, 1.82) is 0 Å². The Balaban J connectivity index is 1.72. The lowest BCUT2D eigenvalue weighted by Crippen LogP contribution is -2.61. The van der Waals surface area contributed by atoms with Crippen LogP contribution in [0.3, 0.4) is 0 Å². The molecule has 1 heterocycles. The smallest absolute Gasteiger partial charge is 0.387 e. The first-order chi connectivity index (χ1) is 17.0. The van der Waals surface area contributed by atoms with Gasteiger partial charge in [-0.1, -0.05) is 84.9 Å². The maximum absolute atomic E-state index is 13.3. The second-order valence-electron chi connectivity index (χ2n) is 8.55. The topological polar surface area (TPSA) is 81.9 Å². The van der Waals surface area contributed by atoms with Gasteiger partial charge in [-0.25, -0.2) is 9.86 Å². The van der Waals surface area contributed by atoms with Gasteiger partial charge in [-0.05, 0) is 40.1 Å². The van der Waals surface area contributed by atoms with Crippen molar-refractivity contribution in [3.05, 3.63) is 124 Å². The second-order valence-corrected chi connectivity index (χ2v) is 8.55. The first-order valence-corrected chi connectivity index (χ1v) is 11.3. The van der Waals surface area contributed by atoms with Gasteiger partial charge in [-0.15, -0.1) is 0 Å². The number of carbonyl (C=O) groups is 1. The Morgan fingerprint density at radius 3 is 2.20 bits per heavy atom. The maximum atomic E-state index is 13.3. The van der Waals surface area contributed by atoms with Crippen LogP contribution in [0.2, 0.25) is 0 Å². The Morgan fingerprint density at radius 2 is 1.54 bits per heavy atom. The minimum atomic E-state index is -2.11. The van der Waals surface area contributed by atoms with Crippen LogP contribution in [0.15, 0.2) is 103 Å². The molecule has 1 fully saturated rings. The first kappa shape index (κ1) is 22.6. The number of benzene rings is 4. The monoisotopic (exact) mass is 468 g/mol. The number of methoxy groups -OCH3 is 1. The zero-order chi connectivity index (χ0) is 24.4. The van der Waals surface area contributed by atoms with Crippen LogP contribution in [0, 0.1) is 10.1 Å². The largest absolute Gasteiger partial charge is 0.464 e. The van der Waals surface area contributed by atoms with Gasteiger partial charge in [0.25, 0.3) is 0 Å². The number of anilines is 1. The van der Waals surface area contributed by atoms with Gasteiger partial charge in [0.1, 0.15) is 6.10 Å². The van der Waals surface area contributed by atoms with Crippen LogP contribution in [0.1, 0.15) is 29.7 Å². The molecule has 0 aromatic heterocycles. The molecule has 0 spiro atoms. The molecule has 0 N–H and O–H groups in total. The summed E-state index contributed by atoms with van der Waals surface area (Å²) < 4.78 is 5.08. The van der Waals surface area contributed by atoms with Gasteiger partial charge in [0, 0.05) is 4.92 Å². The fourth-order valence-corrected chi connectivity index (χ4v) is 4.86. The van der Waals surface area contributed by atoms with Gasteiger partial charge in [-0.2, -0.15) is 0 Å². The fourth-order valence-electron chi connectivity index (χ4n) is 4.86. The predicted molar refractivity (Wildman–Crippen MR) is 132 cm³/mol. The highest BCUT2D eigenvalue weighted by Crippen LogP contribution is 2.49. The molecule has 7 heteroatoms. The summed E-state index contributed by atoms with van der Waals surface area (Å²) in [5.74, 6) is -0.911. The van der Waals surface area contributed by atoms with E-state index in [1.807, 2.05) is 66.7 Å². The molecule has 1 saturated heterocycles. The summed E-state index contributed by atoms with van der Waals surface area (Å²) in [6.07, 6.45) is -0.947. The van der Waals surface area contributed by atoms with E-state index in [2.05, 4.69) is 0 Å². The highest BCUT2D eigenvalue weighted by Gasteiger charge is 2.66. The molecule has 0 saturated carbocycles. The molecule has 176 valence electrons. The Labute approximate surface area is 202 Å². The summed E-state index contributed by atoms with van der Waals surface area (Å²) in [6, 6.07) is 30.7. The van der Waals surface area contributed by atoms with Gasteiger partial charge in [0.2, 0.25) is 0 Å². The number of hydrogen-bond donors (Lipinski definition) is 0. The third kappa shape index (κ3) is 3.90. The van der Waals surface area contributed by atoms with Gasteiger partial charge in [-0.3, -0.25) is 15.0 Å². The Hall–Kier alpha value is -4.23. The van der Waals surface area contributed by atoms with E-state index in [-0.39, 0.29) is 6.42 Å². The number of fused-ring (bicyclic) bond motifs is 1. The first-order valence-electron chi connectivity index (χ1n) is 11.3. The fraction of sp³-hybridized carbons (Fsp3) is 0.179. The molecular formula is C28H24N2O5. The highest BCUT2D eigenvalue weighted by atomic mass is 16.7. The van der Waals surface area contributed by atoms with Crippen molar-refractivity contribution in [2.45, 2.75) is 24.1 Å². The number of hydroxylamine groups is 1. The van der Waals surface area contributed by atoms with Crippen molar-refractivity contribution in [1.82, 2.24) is 0 Å². The lowest BCUT2D eigenvalue weighted by molar-refractivity contribution is -0.570. The lowest BCUT2D eigenvalue weighted by Gasteiger charge is -2.46. The van der Waals surface area contributed by atoms with Crippen LogP contribution in [-0.4, -0.2) is 23.5 Å². The average Bonchev–Trinajstić information content (AvgIpc) is 2.92. The molecule has 3 atom stereocenters. The standard InChI is InChI=1S/C28H24N2O5/c1-34-27(31)28(30(32)33)19-25(23-17-16-20-10-8-9-13-22(20)18-23)35-29(24-14-6-3-7-15-24)26(28)21-11-4-2-5-12-21/h2-18,25-26H,19H2,1H3/t25-,26-,28?/m1/s1. The quantitative estimate of drug-likeness (QED) is 0.214. The maximum Gasteiger partial charge on any atom is 0.387 e. The van der Waals surface area contributed by atoms with Crippen molar-refractivity contribution in [3.8, 4) is 0 Å². The normalized spacial score (nSPS) is 22.0. The zero-order valence-electron chi connectivity index (χ0n) is 19.1. The van der Waals surface area contributed by atoms with E-state index >= 15 is 0 Å². The molecule has 4 aromatic rings. The molecule has 0 amide bonds. The van der Waals surface area contributed by atoms with Crippen LogP contribution in [0.4, 0.5) is 5.69 Å². The van der Waals surface area contributed by atoms with Crippen LogP contribution < -0.4 is 5.06 Å². The van der Waals surface area contributed by atoms with Crippen LogP contribution in [-0.2, 0) is 14.4 Å². The summed E-state index contributed by atoms with van der Waals surface area (Å²) in [6.45, 7) is 0. The van der Waals surface area contributed by atoms with Crippen molar-refractivity contribution >= 4 is 22.4 Å². The van der Waals surface area contributed by atoms with E-state index in [4.69, 9.17) is 9.57 Å². The summed E-state index contributed by atoms with van der Waals surface area (Å²) >= 11 is 0. The number of nitrogens with zero attached hydrogens (tertiary/aromatic N) is 2. The number of rotatable bonds is 5. The van der Waals surface area contributed by atoms with Gasteiger partial charge in [0.15, 0.2) is 6.04 Å². The van der Waals surface area contributed by atoms with Gasteiger partial charge in [0.05, 0.1) is 19.2 Å². The minimum absolute atomic E-state index is 0.187. The van der Waals surface area contributed by atoms with Crippen molar-refractivity contribution in [2.24, 2.45) is 0 Å². The molecular weight excluding hydrogens is 444 g/mol. The number of ether oxygens (including phenoxy) is 1. The Kier molecular flexibility index (Phi) is 5.93. The van der Waals surface area contributed by atoms with E-state index in [1.165, 1.54) is 12.2 Å². The number of para-hydroxylation sites is 1. The van der Waals surface area contributed by atoms with Gasteiger partial charge < -0.3 is 4.74 Å². The van der Waals surface area contributed by atoms with E-state index < -0.39 is 28.6 Å². The Bertz CT molecular complexity index is 1360. The van der Waals surface area contributed by atoms with Crippen molar-refractivity contribution in [3.63, 3.8) is 0 Å². The third-order valence-corrected chi connectivity index (χ3v) is 6.56. The molecule has 1 unspecified atom stereocenters. The van der Waals surface area contributed by atoms with E-state index in [0.717, 1.165) is 16.3 Å². The molecule has 4 aromatic carbocycles. The summed E-state index contributed by atoms with van der Waals surface area (Å²) in [5.41, 5.74) is -0.191. The minimum Gasteiger partial charge on any atom is -0.464 e. The molecule has 1 aliphatic rings. The number of nitro groups is 1. The van der Waals surface area contributed by atoms with E-state index in [1.54, 1.807) is 36.4 Å². The van der Waals surface area contributed by atoms with E-state index in [0.29, 0.717) is 11.3 Å². The second kappa shape index (κ2) is 9.19. The number of hydrogen-bond acceptors (Lipinski definition) is 6. The van der Waals surface area contributed by atoms with Crippen LogP contribution in [0.25, 0.3) is 10.8 Å². The molecule has 5 rings (SSSR count). The number of esters is 1. The SMILES string of the molecule is COC(=O)C1([N+](=O)[O-])C[C@H](c2ccc3ccccc3c2)ON(c2ccccc2)[C@@H]1c1ccccc1. The molecule has 7 nitrogen and oxygen atoms in total. The molecule has 0 aliphatic carbocycles. The van der Waals surface area contributed by atoms with E-state index in [9.17, 15) is 14.9 Å². The van der Waals surface area contributed by atoms with Crippen LogP contribution in [0.5, 0.6) is 0 Å². The highest BCUT2D eigenvalue weighted by molar-refractivity contribution is 5.84. The zero-order valence-corrected chi connectivity index (χ0v) is 19.1. The third-order valence-electron chi connectivity index (χ3n) is 6.56. The molecule has 0 bridgehead atoms. The molecule has 0 radical (unpaired) electrons. The van der Waals surface area contributed by atoms with Crippen molar-refractivity contribution < 1.29 is 19.3 Å². The molecule has 35 heavy (non-hydrogen) atoms. The summed E-state index contributed by atoms with van der Waals surface area (Å²) in [7, 11) is 1.18. The lowest BCUT2D eigenvalue weighted by atomic mass is 9.78. The average molecular weight is 469 g/mol. The molecule has 1 aliphatic heterocycles. The summed E-state index contributed by atoms with van der Waals surface area (Å²) in [5, 5.41) is 16.4. The van der Waals surface area contributed by atoms with Crippen molar-refractivity contribution in [2.75, 3.05) is 12.2 Å². The predicted octanol–water partition coefficient (Wildman–Crippen LogP) is 5.65. The van der Waals surface area contributed by atoms with Gasteiger partial charge >= 0.3 is 11.5 Å². The Morgan fingerprint density at radius 1 is 0.914 bits per heavy atom. The van der Waals surface area contributed by atoms with Crippen LogP contribution >= 0.6 is 0 Å². The summed E-state index contributed by atoms with van der Waals surface area (Å²) in [4.78, 5) is 32.2.